The van der Waals surface area contributed by atoms with Gasteiger partial charge in [0.2, 0.25) is 10.0 Å². The molecular formula is C25H27Cl3N6O4S2. The number of hydrogen-bond acceptors (Lipinski definition) is 8. The van der Waals surface area contributed by atoms with Gasteiger partial charge in [0.15, 0.2) is 0 Å². The minimum atomic E-state index is -3.45. The van der Waals surface area contributed by atoms with Gasteiger partial charge in [-0.15, -0.1) is 11.3 Å². The van der Waals surface area contributed by atoms with Crippen LogP contribution in [0.1, 0.15) is 25.6 Å². The Morgan fingerprint density at radius 1 is 1.05 bits per heavy atom. The normalized spacial score (nSPS) is 14.4. The number of rotatable bonds is 8. The number of carbonyl (C=O) groups is 2. The van der Waals surface area contributed by atoms with Crippen LogP contribution in [0.15, 0.2) is 35.8 Å². The van der Waals surface area contributed by atoms with Gasteiger partial charge < -0.3 is 20.4 Å². The molecule has 1 aliphatic heterocycles. The summed E-state index contributed by atoms with van der Waals surface area (Å²) in [5.74, 6) is -0.802. The van der Waals surface area contributed by atoms with Crippen molar-refractivity contribution in [3.63, 3.8) is 0 Å². The van der Waals surface area contributed by atoms with Crippen LogP contribution >= 0.6 is 46.1 Å². The Morgan fingerprint density at radius 2 is 1.75 bits per heavy atom. The third-order valence-electron chi connectivity index (χ3n) is 6.34. The Balaban J connectivity index is 1.70. The minimum absolute atomic E-state index is 0.0106. The molecule has 0 saturated carbocycles. The van der Waals surface area contributed by atoms with Crippen LogP contribution in [0.3, 0.4) is 0 Å². The summed E-state index contributed by atoms with van der Waals surface area (Å²) in [6.07, 6.45) is 2.50. The number of amides is 2. The lowest BCUT2D eigenvalue weighted by atomic mass is 10.1. The van der Waals surface area contributed by atoms with Crippen LogP contribution in [0.4, 0.5) is 17.2 Å². The summed E-state index contributed by atoms with van der Waals surface area (Å²) < 4.78 is 24.8. The number of sulfonamides is 1. The fourth-order valence-corrected chi connectivity index (χ4v) is 5.94. The number of likely N-dealkylation sites (N-methyl/N-ethyl adjacent to an activating group) is 1. The summed E-state index contributed by atoms with van der Waals surface area (Å²) in [7, 11) is 0.00509. The van der Waals surface area contributed by atoms with E-state index in [2.05, 4.69) is 25.4 Å². The van der Waals surface area contributed by atoms with Crippen LogP contribution in [0, 0.1) is 0 Å². The molecule has 2 amide bonds. The zero-order valence-electron chi connectivity index (χ0n) is 21.9. The zero-order chi connectivity index (χ0) is 29.2. The number of hydrogen-bond donors (Lipinski definition) is 2. The highest BCUT2D eigenvalue weighted by atomic mass is 35.5. The Morgan fingerprint density at radius 3 is 2.38 bits per heavy atom. The summed E-state index contributed by atoms with van der Waals surface area (Å²) in [5, 5.41) is 8.13. The van der Waals surface area contributed by atoms with Gasteiger partial charge in [-0.25, -0.2) is 17.7 Å². The molecule has 10 nitrogen and oxygen atoms in total. The van der Waals surface area contributed by atoms with Gasteiger partial charge in [-0.05, 0) is 42.3 Å². The van der Waals surface area contributed by atoms with Crippen molar-refractivity contribution in [2.24, 2.45) is 0 Å². The highest BCUT2D eigenvalue weighted by molar-refractivity contribution is 7.88. The Labute approximate surface area is 251 Å². The highest BCUT2D eigenvalue weighted by Crippen LogP contribution is 2.37. The van der Waals surface area contributed by atoms with E-state index in [-0.39, 0.29) is 33.5 Å². The average Bonchev–Trinajstić information content (AvgIpc) is 3.25. The number of halogens is 3. The van der Waals surface area contributed by atoms with Crippen LogP contribution in [-0.4, -0.2) is 81.0 Å². The number of nitrogens with zero attached hydrogens (tertiary/aromatic N) is 4. The second-order valence-electron chi connectivity index (χ2n) is 9.33. The van der Waals surface area contributed by atoms with Crippen molar-refractivity contribution in [2.45, 2.75) is 6.54 Å². The first-order chi connectivity index (χ1) is 18.8. The molecule has 1 saturated heterocycles. The SMILES string of the molecule is CN1CCN(c2cc(Cl)cc(C(=O)Nc3ccc(Cl)cn3)c2NC(=O)c2scc(CN(C)S(C)(=O)=O)c2Cl)CC1. The number of carbonyl (C=O) groups excluding carboxylic acids is 2. The molecule has 0 bridgehead atoms. The van der Waals surface area contributed by atoms with E-state index >= 15 is 0 Å². The van der Waals surface area contributed by atoms with Gasteiger partial charge in [-0.1, -0.05) is 34.8 Å². The lowest BCUT2D eigenvalue weighted by Gasteiger charge is -2.35. The molecule has 1 aliphatic rings. The first-order valence-electron chi connectivity index (χ1n) is 12.0. The number of anilines is 3. The van der Waals surface area contributed by atoms with Gasteiger partial charge in [0.1, 0.15) is 10.7 Å². The fraction of sp³-hybridized carbons (Fsp3) is 0.320. The number of pyridine rings is 1. The van der Waals surface area contributed by atoms with Gasteiger partial charge in [0.25, 0.3) is 11.8 Å². The lowest BCUT2D eigenvalue weighted by molar-refractivity contribution is 0.102. The maximum atomic E-state index is 13.5. The molecule has 214 valence electrons. The summed E-state index contributed by atoms with van der Waals surface area (Å²) in [6.45, 7) is 2.88. The minimum Gasteiger partial charge on any atom is -0.367 e. The van der Waals surface area contributed by atoms with Gasteiger partial charge >= 0.3 is 0 Å². The smallest absolute Gasteiger partial charge is 0.267 e. The maximum Gasteiger partial charge on any atom is 0.267 e. The van der Waals surface area contributed by atoms with Crippen molar-refractivity contribution in [1.29, 1.82) is 0 Å². The molecule has 4 rings (SSSR count). The van der Waals surface area contributed by atoms with Gasteiger partial charge in [0, 0.05) is 51.0 Å². The summed E-state index contributed by atoms with van der Waals surface area (Å²) >= 11 is 20.0. The van der Waals surface area contributed by atoms with E-state index in [1.54, 1.807) is 23.6 Å². The second kappa shape index (κ2) is 12.6. The van der Waals surface area contributed by atoms with Crippen molar-refractivity contribution >= 4 is 85.2 Å². The topological polar surface area (TPSA) is 115 Å². The molecule has 0 unspecified atom stereocenters. The Kier molecular flexibility index (Phi) is 9.61. The average molecular weight is 646 g/mol. The maximum absolute atomic E-state index is 13.5. The molecule has 0 aliphatic carbocycles. The van der Waals surface area contributed by atoms with Crippen LogP contribution in [0.25, 0.3) is 0 Å². The van der Waals surface area contributed by atoms with Crippen molar-refractivity contribution in [3.8, 4) is 0 Å². The van der Waals surface area contributed by atoms with Crippen molar-refractivity contribution < 1.29 is 18.0 Å². The third kappa shape index (κ3) is 7.24. The molecule has 0 radical (unpaired) electrons. The number of piperazine rings is 1. The van der Waals surface area contributed by atoms with E-state index < -0.39 is 21.8 Å². The summed E-state index contributed by atoms with van der Waals surface area (Å²) in [4.78, 5) is 35.5. The first kappa shape index (κ1) is 30.5. The van der Waals surface area contributed by atoms with Crippen LogP contribution in [0.5, 0.6) is 0 Å². The predicted molar refractivity (Wildman–Crippen MR) is 162 cm³/mol. The molecule has 0 atom stereocenters. The van der Waals surface area contributed by atoms with Crippen LogP contribution < -0.4 is 15.5 Å². The number of thiophene rings is 1. The van der Waals surface area contributed by atoms with Gasteiger partial charge in [0.05, 0.1) is 33.2 Å². The number of nitrogens with one attached hydrogen (secondary N) is 2. The van der Waals surface area contributed by atoms with E-state index in [1.807, 2.05) is 7.05 Å². The molecule has 1 fully saturated rings. The monoisotopic (exact) mass is 644 g/mol. The van der Waals surface area contributed by atoms with E-state index in [1.165, 1.54) is 19.3 Å². The summed E-state index contributed by atoms with van der Waals surface area (Å²) in [5.41, 5.74) is 1.49. The molecule has 15 heteroatoms. The van der Waals surface area contributed by atoms with E-state index in [9.17, 15) is 18.0 Å². The molecule has 0 spiro atoms. The molecule has 1 aromatic carbocycles. The van der Waals surface area contributed by atoms with Gasteiger partial charge in [-0.3, -0.25) is 9.59 Å². The predicted octanol–water partition coefficient (Wildman–Crippen LogP) is 4.75. The van der Waals surface area contributed by atoms with Crippen LogP contribution in [0.2, 0.25) is 15.1 Å². The Bertz CT molecular complexity index is 1520. The molecular weight excluding hydrogens is 619 g/mol. The van der Waals surface area contributed by atoms with Gasteiger partial charge in [-0.2, -0.15) is 0 Å². The van der Waals surface area contributed by atoms with Crippen molar-refractivity contribution in [1.82, 2.24) is 14.2 Å². The molecule has 40 heavy (non-hydrogen) atoms. The lowest BCUT2D eigenvalue weighted by Crippen LogP contribution is -2.45. The van der Waals surface area contributed by atoms with Crippen LogP contribution in [-0.2, 0) is 16.6 Å². The fourth-order valence-electron chi connectivity index (χ4n) is 4.00. The quantitative estimate of drug-likeness (QED) is 0.363. The largest absolute Gasteiger partial charge is 0.367 e. The molecule has 2 aromatic heterocycles. The first-order valence-corrected chi connectivity index (χ1v) is 15.9. The van der Waals surface area contributed by atoms with Crippen molar-refractivity contribution in [2.75, 3.05) is 62.1 Å². The Hall–Kier alpha value is -2.45. The molecule has 3 aromatic rings. The highest BCUT2D eigenvalue weighted by Gasteiger charge is 2.27. The summed E-state index contributed by atoms with van der Waals surface area (Å²) in [6, 6.07) is 6.34. The zero-order valence-corrected chi connectivity index (χ0v) is 25.8. The molecule has 3 heterocycles. The second-order valence-corrected chi connectivity index (χ2v) is 13.6. The molecule has 2 N–H and O–H groups in total. The van der Waals surface area contributed by atoms with E-state index in [4.69, 9.17) is 34.8 Å². The van der Waals surface area contributed by atoms with E-state index in [0.29, 0.717) is 34.4 Å². The van der Waals surface area contributed by atoms with Crippen molar-refractivity contribution in [3.05, 3.63) is 66.9 Å². The standard InChI is InChI=1S/C25H27Cl3N6O4S2/c1-32-6-8-34(9-7-32)19-11-17(27)10-18(24(35)30-20-5-4-16(26)12-29-20)22(19)31-25(36)23-21(28)15(14-39-23)13-33(2)40(3,37)38/h4-5,10-12,14H,6-9,13H2,1-3H3,(H,31,36)(H,29,30,35). The van der Waals surface area contributed by atoms with E-state index in [0.717, 1.165) is 35.0 Å². The third-order valence-corrected chi connectivity index (χ3v) is 9.62. The number of benzene rings is 1. The number of aromatic nitrogens is 1.